The second kappa shape index (κ2) is 8.30. The Hall–Kier alpha value is -3.20. The Kier molecular flexibility index (Phi) is 5.13. The fourth-order valence-corrected chi connectivity index (χ4v) is 6.86. The average molecular weight is 491 g/mol. The smallest absolute Gasteiger partial charge is 0.266 e. The number of carbonyl (C=O) groups is 1. The first-order valence-electron chi connectivity index (χ1n) is 10.4. The third-order valence-corrected chi connectivity index (χ3v) is 8.66. The number of fused-ring (bicyclic) bond motifs is 2. The molecule has 0 spiro atoms. The number of ether oxygens (including phenoxy) is 2. The van der Waals surface area contributed by atoms with E-state index in [-0.39, 0.29) is 12.7 Å². The van der Waals surface area contributed by atoms with E-state index in [0.717, 1.165) is 54.8 Å². The standard InChI is InChI=1S/C25H18N2O3S3/c1-14-21(12-15-8-9-17-18(11-15)30-13-29-17)33-25(27-23(28)20-7-4-10-31-20)22(14)24-26-16-5-2-3-6-19(16)32-24/h2-11H,12-13H2,1H3,(H,27,28). The van der Waals surface area contributed by atoms with Gasteiger partial charge < -0.3 is 14.8 Å². The molecule has 0 aliphatic carbocycles. The van der Waals surface area contributed by atoms with Crippen molar-refractivity contribution in [3.05, 3.63) is 80.9 Å². The van der Waals surface area contributed by atoms with Crippen molar-refractivity contribution in [2.45, 2.75) is 13.3 Å². The number of benzene rings is 2. The number of para-hydroxylation sites is 1. The Labute approximate surface area is 202 Å². The maximum absolute atomic E-state index is 12.9. The maximum atomic E-state index is 12.9. The van der Waals surface area contributed by atoms with Crippen LogP contribution in [0.4, 0.5) is 5.00 Å². The number of aromatic nitrogens is 1. The van der Waals surface area contributed by atoms with Gasteiger partial charge in [0, 0.05) is 16.9 Å². The van der Waals surface area contributed by atoms with Gasteiger partial charge >= 0.3 is 0 Å². The summed E-state index contributed by atoms with van der Waals surface area (Å²) in [7, 11) is 0. The highest BCUT2D eigenvalue weighted by Gasteiger charge is 2.23. The summed E-state index contributed by atoms with van der Waals surface area (Å²) in [5, 5.41) is 6.82. The van der Waals surface area contributed by atoms with Crippen molar-refractivity contribution >= 4 is 55.1 Å². The highest BCUT2D eigenvalue weighted by atomic mass is 32.1. The van der Waals surface area contributed by atoms with Gasteiger partial charge in [-0.3, -0.25) is 4.79 Å². The highest BCUT2D eigenvalue weighted by Crippen LogP contribution is 2.44. The van der Waals surface area contributed by atoms with Crippen molar-refractivity contribution in [2.24, 2.45) is 0 Å². The van der Waals surface area contributed by atoms with E-state index < -0.39 is 0 Å². The van der Waals surface area contributed by atoms with E-state index in [9.17, 15) is 4.79 Å². The van der Waals surface area contributed by atoms with E-state index in [1.165, 1.54) is 16.2 Å². The third-order valence-electron chi connectivity index (χ3n) is 5.53. The zero-order chi connectivity index (χ0) is 22.4. The van der Waals surface area contributed by atoms with Crippen molar-refractivity contribution in [3.8, 4) is 22.1 Å². The molecule has 164 valence electrons. The molecule has 4 heterocycles. The van der Waals surface area contributed by atoms with Crippen LogP contribution in [0.1, 0.15) is 25.7 Å². The number of nitrogens with zero attached hydrogens (tertiary/aromatic N) is 1. The topological polar surface area (TPSA) is 60.5 Å². The van der Waals surface area contributed by atoms with Gasteiger partial charge in [-0.25, -0.2) is 4.98 Å². The number of hydrogen-bond donors (Lipinski definition) is 1. The Morgan fingerprint density at radius 2 is 1.94 bits per heavy atom. The van der Waals surface area contributed by atoms with E-state index in [2.05, 4.69) is 24.4 Å². The summed E-state index contributed by atoms with van der Waals surface area (Å²) >= 11 is 4.70. The van der Waals surface area contributed by atoms with Gasteiger partial charge in [-0.1, -0.05) is 24.3 Å². The summed E-state index contributed by atoms with van der Waals surface area (Å²) in [6, 6.07) is 17.9. The molecule has 6 rings (SSSR count). The number of amides is 1. The van der Waals surface area contributed by atoms with Gasteiger partial charge in [-0.2, -0.15) is 0 Å². The minimum absolute atomic E-state index is 0.0942. The highest BCUT2D eigenvalue weighted by molar-refractivity contribution is 7.23. The van der Waals surface area contributed by atoms with Crippen LogP contribution in [0.2, 0.25) is 0 Å². The lowest BCUT2D eigenvalue weighted by atomic mass is 10.1. The lowest BCUT2D eigenvalue weighted by molar-refractivity contribution is 0.103. The molecule has 0 saturated carbocycles. The summed E-state index contributed by atoms with van der Waals surface area (Å²) < 4.78 is 12.1. The molecule has 0 fully saturated rings. The Balaban J connectivity index is 1.42. The lowest BCUT2D eigenvalue weighted by Gasteiger charge is -2.04. The number of thiophene rings is 2. The number of rotatable bonds is 5. The van der Waals surface area contributed by atoms with Crippen LogP contribution in [0.15, 0.2) is 60.0 Å². The number of nitrogens with one attached hydrogen (secondary N) is 1. The monoisotopic (exact) mass is 490 g/mol. The molecule has 2 aromatic carbocycles. The SMILES string of the molecule is Cc1c(Cc2ccc3c(c2)OCO3)sc(NC(=O)c2cccs2)c1-c1nc2ccccc2s1. The number of hydrogen-bond acceptors (Lipinski definition) is 7. The molecular formula is C25H18N2O3S3. The van der Waals surface area contributed by atoms with Gasteiger partial charge in [0.2, 0.25) is 6.79 Å². The summed E-state index contributed by atoms with van der Waals surface area (Å²) in [4.78, 5) is 19.7. The second-order valence-electron chi connectivity index (χ2n) is 7.64. The maximum Gasteiger partial charge on any atom is 0.266 e. The first kappa shape index (κ1) is 20.4. The summed E-state index contributed by atoms with van der Waals surface area (Å²) in [5.74, 6) is 1.46. The van der Waals surface area contributed by atoms with Crippen LogP contribution in [0, 0.1) is 6.92 Å². The molecule has 1 amide bonds. The van der Waals surface area contributed by atoms with E-state index in [0.29, 0.717) is 4.88 Å². The molecule has 33 heavy (non-hydrogen) atoms. The van der Waals surface area contributed by atoms with Gasteiger partial charge in [0.15, 0.2) is 11.5 Å². The van der Waals surface area contributed by atoms with Crippen LogP contribution in [0.25, 0.3) is 20.8 Å². The molecule has 5 nitrogen and oxygen atoms in total. The van der Waals surface area contributed by atoms with Gasteiger partial charge in [0.25, 0.3) is 5.91 Å². The van der Waals surface area contributed by atoms with Gasteiger partial charge in [-0.15, -0.1) is 34.0 Å². The third kappa shape index (κ3) is 3.80. The minimum Gasteiger partial charge on any atom is -0.454 e. The predicted octanol–water partition coefficient (Wildman–Crippen LogP) is 6.97. The largest absolute Gasteiger partial charge is 0.454 e. The molecule has 0 unspecified atom stereocenters. The van der Waals surface area contributed by atoms with E-state index in [4.69, 9.17) is 14.5 Å². The van der Waals surface area contributed by atoms with Crippen molar-refractivity contribution < 1.29 is 14.3 Å². The number of anilines is 1. The predicted molar refractivity (Wildman–Crippen MR) is 135 cm³/mol. The fraction of sp³-hybridized carbons (Fsp3) is 0.120. The van der Waals surface area contributed by atoms with Crippen LogP contribution in [0.3, 0.4) is 0 Å². The molecule has 1 N–H and O–H groups in total. The molecule has 0 radical (unpaired) electrons. The molecule has 0 atom stereocenters. The molecule has 0 bridgehead atoms. The molecule has 3 aromatic heterocycles. The summed E-state index contributed by atoms with van der Waals surface area (Å²) in [5.41, 5.74) is 4.24. The zero-order valence-corrected chi connectivity index (χ0v) is 20.0. The van der Waals surface area contributed by atoms with E-state index in [1.807, 2.05) is 47.8 Å². The number of thiazole rings is 1. The van der Waals surface area contributed by atoms with E-state index in [1.54, 1.807) is 22.7 Å². The van der Waals surface area contributed by atoms with Crippen LogP contribution < -0.4 is 14.8 Å². The first-order chi connectivity index (χ1) is 16.2. The van der Waals surface area contributed by atoms with Crippen LogP contribution in [0.5, 0.6) is 11.5 Å². The molecule has 1 aliphatic heterocycles. The van der Waals surface area contributed by atoms with Crippen LogP contribution >= 0.6 is 34.0 Å². The minimum atomic E-state index is -0.0942. The first-order valence-corrected chi connectivity index (χ1v) is 12.9. The fourth-order valence-electron chi connectivity index (χ4n) is 3.86. The Morgan fingerprint density at radius 1 is 1.06 bits per heavy atom. The Bertz CT molecular complexity index is 1450. The Morgan fingerprint density at radius 3 is 2.79 bits per heavy atom. The van der Waals surface area contributed by atoms with Gasteiger partial charge in [0.05, 0.1) is 15.1 Å². The quantitative estimate of drug-likeness (QED) is 0.289. The van der Waals surface area contributed by atoms with Crippen molar-refractivity contribution in [3.63, 3.8) is 0 Å². The van der Waals surface area contributed by atoms with Gasteiger partial charge in [0.1, 0.15) is 10.0 Å². The summed E-state index contributed by atoms with van der Waals surface area (Å²) in [6.45, 7) is 2.37. The molecular weight excluding hydrogens is 472 g/mol. The van der Waals surface area contributed by atoms with Crippen LogP contribution in [-0.4, -0.2) is 17.7 Å². The number of carbonyl (C=O) groups excluding carboxylic acids is 1. The van der Waals surface area contributed by atoms with E-state index >= 15 is 0 Å². The molecule has 5 aromatic rings. The molecule has 8 heteroatoms. The normalized spacial score (nSPS) is 12.4. The molecule has 0 saturated heterocycles. The van der Waals surface area contributed by atoms with Gasteiger partial charge in [-0.05, 0) is 53.8 Å². The van der Waals surface area contributed by atoms with Crippen molar-refractivity contribution in [1.82, 2.24) is 4.98 Å². The van der Waals surface area contributed by atoms with Crippen molar-refractivity contribution in [2.75, 3.05) is 12.1 Å². The summed E-state index contributed by atoms with van der Waals surface area (Å²) in [6.07, 6.45) is 0.736. The lowest BCUT2D eigenvalue weighted by Crippen LogP contribution is -2.09. The average Bonchev–Trinajstić information content (AvgIpc) is 3.61. The van der Waals surface area contributed by atoms with Crippen molar-refractivity contribution in [1.29, 1.82) is 0 Å². The second-order valence-corrected chi connectivity index (χ2v) is 10.7. The van der Waals surface area contributed by atoms with Crippen LogP contribution in [-0.2, 0) is 6.42 Å². The molecule has 1 aliphatic rings. The zero-order valence-electron chi connectivity index (χ0n) is 17.6.